The topological polar surface area (TPSA) is 105 Å². The first-order valence-electron chi connectivity index (χ1n) is 9.63. The third kappa shape index (κ3) is 4.98. The second-order valence-corrected chi connectivity index (χ2v) is 9.01. The Kier molecular flexibility index (Phi) is 6.73. The minimum Gasteiger partial charge on any atom is -0.497 e. The predicted molar refractivity (Wildman–Crippen MR) is 113 cm³/mol. The summed E-state index contributed by atoms with van der Waals surface area (Å²) in [6, 6.07) is 12.8. The quantitative estimate of drug-likeness (QED) is 0.680. The first-order chi connectivity index (χ1) is 14.3. The Bertz CT molecular complexity index is 1000. The summed E-state index contributed by atoms with van der Waals surface area (Å²) in [4.78, 5) is 24.4. The number of rotatable bonds is 6. The van der Waals surface area contributed by atoms with Gasteiger partial charge in [-0.2, -0.15) is 4.31 Å². The molecule has 1 atom stereocenters. The SMILES string of the molecule is COc1ccc(S(=O)(=O)N2CCC[C@@H]2CNC(=O)C(=O)Nc2ccc(C)cc2)cc1. The van der Waals surface area contributed by atoms with Gasteiger partial charge in [0.25, 0.3) is 0 Å². The fraction of sp³-hybridized carbons (Fsp3) is 0.333. The number of hydrogen-bond acceptors (Lipinski definition) is 5. The molecule has 160 valence electrons. The van der Waals surface area contributed by atoms with Gasteiger partial charge in [-0.1, -0.05) is 17.7 Å². The van der Waals surface area contributed by atoms with Crippen molar-refractivity contribution in [3.63, 3.8) is 0 Å². The van der Waals surface area contributed by atoms with Gasteiger partial charge in [0.1, 0.15) is 5.75 Å². The molecule has 1 saturated heterocycles. The minimum atomic E-state index is -3.71. The number of sulfonamides is 1. The molecule has 9 heteroatoms. The van der Waals surface area contributed by atoms with E-state index in [0.717, 1.165) is 5.56 Å². The van der Waals surface area contributed by atoms with E-state index in [4.69, 9.17) is 4.74 Å². The highest BCUT2D eigenvalue weighted by Crippen LogP contribution is 2.26. The van der Waals surface area contributed by atoms with E-state index in [2.05, 4.69) is 10.6 Å². The van der Waals surface area contributed by atoms with Crippen molar-refractivity contribution in [2.24, 2.45) is 0 Å². The van der Waals surface area contributed by atoms with E-state index in [-0.39, 0.29) is 11.4 Å². The van der Waals surface area contributed by atoms with Crippen molar-refractivity contribution < 1.29 is 22.7 Å². The van der Waals surface area contributed by atoms with E-state index < -0.39 is 27.9 Å². The summed E-state index contributed by atoms with van der Waals surface area (Å²) < 4.78 is 32.4. The third-order valence-corrected chi connectivity index (χ3v) is 6.97. The molecule has 0 unspecified atom stereocenters. The Hall–Kier alpha value is -2.91. The molecule has 30 heavy (non-hydrogen) atoms. The Morgan fingerprint density at radius 1 is 1.07 bits per heavy atom. The summed E-state index contributed by atoms with van der Waals surface area (Å²) in [6.07, 6.45) is 1.29. The fourth-order valence-corrected chi connectivity index (χ4v) is 5.02. The van der Waals surface area contributed by atoms with Crippen molar-refractivity contribution in [1.29, 1.82) is 0 Å². The maximum atomic E-state index is 13.0. The van der Waals surface area contributed by atoms with Gasteiger partial charge < -0.3 is 15.4 Å². The number of methoxy groups -OCH3 is 1. The van der Waals surface area contributed by atoms with Crippen LogP contribution in [0.1, 0.15) is 18.4 Å². The van der Waals surface area contributed by atoms with E-state index in [9.17, 15) is 18.0 Å². The molecule has 1 heterocycles. The first kappa shape index (κ1) is 21.8. The lowest BCUT2D eigenvalue weighted by molar-refractivity contribution is -0.136. The zero-order valence-corrected chi connectivity index (χ0v) is 17.7. The van der Waals surface area contributed by atoms with E-state index in [1.54, 1.807) is 24.3 Å². The Morgan fingerprint density at radius 2 is 1.73 bits per heavy atom. The van der Waals surface area contributed by atoms with Crippen LogP contribution in [-0.2, 0) is 19.6 Å². The molecular formula is C21H25N3O5S. The number of carbonyl (C=O) groups excluding carboxylic acids is 2. The molecule has 0 radical (unpaired) electrons. The van der Waals surface area contributed by atoms with Crippen LogP contribution in [0.3, 0.4) is 0 Å². The molecular weight excluding hydrogens is 406 g/mol. The zero-order valence-electron chi connectivity index (χ0n) is 16.9. The molecule has 0 spiro atoms. The third-order valence-electron chi connectivity index (χ3n) is 5.00. The second-order valence-electron chi connectivity index (χ2n) is 7.12. The maximum absolute atomic E-state index is 13.0. The van der Waals surface area contributed by atoms with Crippen LogP contribution in [0.2, 0.25) is 0 Å². The van der Waals surface area contributed by atoms with Gasteiger partial charge in [0.05, 0.1) is 12.0 Å². The average molecular weight is 432 g/mol. The summed E-state index contributed by atoms with van der Waals surface area (Å²) in [7, 11) is -2.20. The van der Waals surface area contributed by atoms with Crippen LogP contribution in [0.4, 0.5) is 5.69 Å². The lowest BCUT2D eigenvalue weighted by Gasteiger charge is -2.24. The largest absolute Gasteiger partial charge is 0.497 e. The highest BCUT2D eigenvalue weighted by Gasteiger charge is 2.35. The van der Waals surface area contributed by atoms with Crippen molar-refractivity contribution in [2.45, 2.75) is 30.7 Å². The van der Waals surface area contributed by atoms with Gasteiger partial charge in [-0.05, 0) is 56.2 Å². The Balaban J connectivity index is 1.60. The molecule has 0 saturated carbocycles. The van der Waals surface area contributed by atoms with Crippen LogP contribution >= 0.6 is 0 Å². The lowest BCUT2D eigenvalue weighted by atomic mass is 10.2. The molecule has 0 aromatic heterocycles. The number of hydrogen-bond donors (Lipinski definition) is 2. The molecule has 1 fully saturated rings. The van der Waals surface area contributed by atoms with Crippen LogP contribution in [0.15, 0.2) is 53.4 Å². The molecule has 1 aliphatic heterocycles. The molecule has 2 aromatic carbocycles. The normalized spacial score (nSPS) is 16.8. The highest BCUT2D eigenvalue weighted by molar-refractivity contribution is 7.89. The molecule has 8 nitrogen and oxygen atoms in total. The van der Waals surface area contributed by atoms with Gasteiger partial charge in [0.15, 0.2) is 0 Å². The zero-order chi connectivity index (χ0) is 21.7. The van der Waals surface area contributed by atoms with E-state index >= 15 is 0 Å². The van der Waals surface area contributed by atoms with Crippen molar-refractivity contribution in [3.05, 3.63) is 54.1 Å². The van der Waals surface area contributed by atoms with Crippen molar-refractivity contribution >= 4 is 27.5 Å². The van der Waals surface area contributed by atoms with E-state index in [1.165, 1.54) is 23.5 Å². The standard InChI is InChI=1S/C21H25N3O5S/c1-15-5-7-16(8-6-15)23-21(26)20(25)22-14-17-4-3-13-24(17)30(27,28)19-11-9-18(29-2)10-12-19/h5-12,17H,3-4,13-14H2,1-2H3,(H,22,25)(H,23,26)/t17-/m1/s1. The lowest BCUT2D eigenvalue weighted by Crippen LogP contribution is -2.45. The summed E-state index contributed by atoms with van der Waals surface area (Å²) in [5.74, 6) is -1.02. The number of carbonyl (C=O) groups is 2. The summed E-state index contributed by atoms with van der Waals surface area (Å²) in [6.45, 7) is 2.35. The van der Waals surface area contributed by atoms with E-state index in [0.29, 0.717) is 30.8 Å². The van der Waals surface area contributed by atoms with Crippen LogP contribution < -0.4 is 15.4 Å². The van der Waals surface area contributed by atoms with Gasteiger partial charge in [0, 0.05) is 24.8 Å². The number of nitrogens with one attached hydrogen (secondary N) is 2. The van der Waals surface area contributed by atoms with Crippen LogP contribution in [0.5, 0.6) is 5.75 Å². The highest BCUT2D eigenvalue weighted by atomic mass is 32.2. The fourth-order valence-electron chi connectivity index (χ4n) is 3.33. The van der Waals surface area contributed by atoms with Gasteiger partial charge in [-0.3, -0.25) is 9.59 Å². The van der Waals surface area contributed by atoms with Crippen LogP contribution in [0, 0.1) is 6.92 Å². The molecule has 2 amide bonds. The number of amides is 2. The summed E-state index contributed by atoms with van der Waals surface area (Å²) in [5.41, 5.74) is 1.56. The van der Waals surface area contributed by atoms with E-state index in [1.807, 2.05) is 19.1 Å². The van der Waals surface area contributed by atoms with Crippen LogP contribution in [-0.4, -0.2) is 50.8 Å². The molecule has 2 N–H and O–H groups in total. The minimum absolute atomic E-state index is 0.0650. The van der Waals surface area contributed by atoms with Gasteiger partial charge in [-0.25, -0.2) is 8.42 Å². The monoisotopic (exact) mass is 431 g/mol. The molecule has 3 rings (SSSR count). The number of nitrogens with zero attached hydrogens (tertiary/aromatic N) is 1. The summed E-state index contributed by atoms with van der Waals surface area (Å²) >= 11 is 0. The molecule has 0 aliphatic carbocycles. The first-order valence-corrected chi connectivity index (χ1v) is 11.1. The van der Waals surface area contributed by atoms with Gasteiger partial charge in [0.2, 0.25) is 10.0 Å². The number of aryl methyl sites for hydroxylation is 1. The van der Waals surface area contributed by atoms with Crippen molar-refractivity contribution in [3.8, 4) is 5.75 Å². The summed E-state index contributed by atoms with van der Waals surface area (Å²) in [5, 5.41) is 5.08. The molecule has 2 aromatic rings. The maximum Gasteiger partial charge on any atom is 0.313 e. The Morgan fingerprint density at radius 3 is 2.37 bits per heavy atom. The molecule has 0 bridgehead atoms. The molecule has 1 aliphatic rings. The Labute approximate surface area is 176 Å². The van der Waals surface area contributed by atoms with Gasteiger partial charge >= 0.3 is 11.8 Å². The predicted octanol–water partition coefficient (Wildman–Crippen LogP) is 1.91. The van der Waals surface area contributed by atoms with Crippen molar-refractivity contribution in [2.75, 3.05) is 25.5 Å². The van der Waals surface area contributed by atoms with Crippen LogP contribution in [0.25, 0.3) is 0 Å². The number of benzene rings is 2. The average Bonchev–Trinajstić information content (AvgIpc) is 3.23. The number of ether oxygens (including phenoxy) is 1. The smallest absolute Gasteiger partial charge is 0.313 e. The van der Waals surface area contributed by atoms with Gasteiger partial charge in [-0.15, -0.1) is 0 Å². The van der Waals surface area contributed by atoms with Crippen molar-refractivity contribution in [1.82, 2.24) is 9.62 Å². The second kappa shape index (κ2) is 9.27. The number of anilines is 1.